The number of hydrogen-bond donors (Lipinski definition) is 2. The van der Waals surface area contributed by atoms with Crippen LogP contribution in [0.3, 0.4) is 0 Å². The van der Waals surface area contributed by atoms with Crippen molar-refractivity contribution in [1.82, 2.24) is 5.32 Å². The number of aliphatic carboxylic acids is 1. The monoisotopic (exact) mass is 468 g/mol. The van der Waals surface area contributed by atoms with E-state index >= 15 is 0 Å². The first kappa shape index (κ1) is 30.7. The third kappa shape index (κ3) is 21.3. The van der Waals surface area contributed by atoms with E-state index < -0.39 is 17.6 Å². The van der Waals surface area contributed by atoms with Crippen molar-refractivity contribution in [3.8, 4) is 0 Å². The van der Waals surface area contributed by atoms with E-state index in [9.17, 15) is 14.4 Å². The van der Waals surface area contributed by atoms with E-state index in [2.05, 4.69) is 15.3 Å². The van der Waals surface area contributed by atoms with Gasteiger partial charge in [0.25, 0.3) is 0 Å². The number of carboxylic acid groups (broad SMARTS) is 1. The first-order valence-corrected chi connectivity index (χ1v) is 12.4. The SMILES string of the molecule is CC(C)(C)OC(=O)CCCCCCCCCCCCCCC(=O)NC(CCN=[N+]=[N-])C(=O)O. The molecule has 0 saturated heterocycles. The van der Waals surface area contributed by atoms with Gasteiger partial charge in [-0.05, 0) is 45.6 Å². The molecule has 1 unspecified atom stereocenters. The second-order valence-electron chi connectivity index (χ2n) is 9.53. The van der Waals surface area contributed by atoms with Crippen LogP contribution in [0.2, 0.25) is 0 Å². The van der Waals surface area contributed by atoms with E-state index in [-0.39, 0.29) is 24.8 Å². The number of amides is 1. The molecule has 9 heteroatoms. The first-order chi connectivity index (χ1) is 15.7. The number of rotatable bonds is 20. The van der Waals surface area contributed by atoms with Crippen LogP contribution in [0.5, 0.6) is 0 Å². The standard InChI is InChI=1S/C24H44N4O5/c1-24(2,3)33-22(30)17-15-13-11-9-7-5-4-6-8-10-12-14-16-21(29)27-20(23(31)32)18-19-26-28-25/h20H,4-19H2,1-3H3,(H,27,29)(H,31,32). The molecule has 1 amide bonds. The van der Waals surface area contributed by atoms with Gasteiger partial charge in [-0.3, -0.25) is 9.59 Å². The van der Waals surface area contributed by atoms with Crippen molar-refractivity contribution in [3.05, 3.63) is 10.4 Å². The summed E-state index contributed by atoms with van der Waals surface area (Å²) in [7, 11) is 0. The average Bonchev–Trinajstić information content (AvgIpc) is 2.72. The summed E-state index contributed by atoms with van der Waals surface area (Å²) in [5.74, 6) is -1.48. The van der Waals surface area contributed by atoms with E-state index in [0.29, 0.717) is 12.8 Å². The number of carbonyl (C=O) groups is 3. The quantitative estimate of drug-likeness (QED) is 0.0734. The summed E-state index contributed by atoms with van der Waals surface area (Å²) in [5.41, 5.74) is 7.84. The van der Waals surface area contributed by atoms with Crippen LogP contribution in [0, 0.1) is 0 Å². The maximum absolute atomic E-state index is 11.9. The fourth-order valence-corrected chi connectivity index (χ4v) is 3.47. The second kappa shape index (κ2) is 19.2. The topological polar surface area (TPSA) is 141 Å². The van der Waals surface area contributed by atoms with E-state index in [1.807, 2.05) is 20.8 Å². The van der Waals surface area contributed by atoms with Crippen molar-refractivity contribution in [2.75, 3.05) is 6.54 Å². The lowest BCUT2D eigenvalue weighted by atomic mass is 10.0. The van der Waals surface area contributed by atoms with Crippen LogP contribution in [-0.4, -0.2) is 41.1 Å². The number of hydrogen-bond acceptors (Lipinski definition) is 5. The molecule has 0 bridgehead atoms. The van der Waals surface area contributed by atoms with Crippen molar-refractivity contribution in [2.45, 2.75) is 129 Å². The summed E-state index contributed by atoms with van der Waals surface area (Å²) in [5, 5.41) is 14.9. The van der Waals surface area contributed by atoms with Crippen LogP contribution >= 0.6 is 0 Å². The molecule has 0 aliphatic heterocycles. The summed E-state index contributed by atoms with van der Waals surface area (Å²) in [4.78, 5) is 37.2. The number of unbranched alkanes of at least 4 members (excludes halogenated alkanes) is 11. The molecule has 0 aromatic carbocycles. The minimum absolute atomic E-state index is 0.0435. The highest BCUT2D eigenvalue weighted by Crippen LogP contribution is 2.14. The summed E-state index contributed by atoms with van der Waals surface area (Å²) in [6.45, 7) is 5.71. The van der Waals surface area contributed by atoms with Gasteiger partial charge in [0.05, 0.1) is 0 Å². The van der Waals surface area contributed by atoms with Gasteiger partial charge in [-0.25, -0.2) is 4.79 Å². The Labute approximate surface area is 198 Å². The number of carboxylic acids is 1. The van der Waals surface area contributed by atoms with Crippen molar-refractivity contribution < 1.29 is 24.2 Å². The zero-order valence-electron chi connectivity index (χ0n) is 20.8. The summed E-state index contributed by atoms with van der Waals surface area (Å²) >= 11 is 0. The van der Waals surface area contributed by atoms with E-state index in [0.717, 1.165) is 38.5 Å². The Morgan fingerprint density at radius 1 is 0.879 bits per heavy atom. The number of carbonyl (C=O) groups excluding carboxylic acids is 2. The van der Waals surface area contributed by atoms with E-state index in [4.69, 9.17) is 15.4 Å². The van der Waals surface area contributed by atoms with Gasteiger partial charge in [-0.1, -0.05) is 69.3 Å². The van der Waals surface area contributed by atoms with Crippen LogP contribution < -0.4 is 5.32 Å². The molecule has 0 aliphatic carbocycles. The minimum Gasteiger partial charge on any atom is -0.480 e. The largest absolute Gasteiger partial charge is 0.480 e. The first-order valence-electron chi connectivity index (χ1n) is 12.4. The Balaban J connectivity index is 3.50. The fourth-order valence-electron chi connectivity index (χ4n) is 3.47. The second-order valence-corrected chi connectivity index (χ2v) is 9.53. The van der Waals surface area contributed by atoms with Crippen LogP contribution in [-0.2, 0) is 19.1 Å². The Morgan fingerprint density at radius 3 is 1.76 bits per heavy atom. The van der Waals surface area contributed by atoms with Gasteiger partial charge in [0, 0.05) is 24.3 Å². The molecule has 1 atom stereocenters. The lowest BCUT2D eigenvalue weighted by Crippen LogP contribution is -2.41. The van der Waals surface area contributed by atoms with Gasteiger partial charge in [0.2, 0.25) is 5.91 Å². The number of esters is 1. The van der Waals surface area contributed by atoms with Gasteiger partial charge in [-0.15, -0.1) is 0 Å². The Bertz CT molecular complexity index is 612. The van der Waals surface area contributed by atoms with Crippen LogP contribution in [0.4, 0.5) is 0 Å². The number of nitrogens with zero attached hydrogens (tertiary/aromatic N) is 3. The zero-order valence-corrected chi connectivity index (χ0v) is 20.8. The number of ether oxygens (including phenoxy) is 1. The highest BCUT2D eigenvalue weighted by atomic mass is 16.6. The third-order valence-corrected chi connectivity index (χ3v) is 5.17. The molecule has 0 saturated carbocycles. The Kier molecular flexibility index (Phi) is 17.9. The van der Waals surface area contributed by atoms with Crippen molar-refractivity contribution in [1.29, 1.82) is 0 Å². The van der Waals surface area contributed by atoms with E-state index in [1.165, 1.54) is 38.5 Å². The van der Waals surface area contributed by atoms with Crippen molar-refractivity contribution in [2.24, 2.45) is 5.11 Å². The van der Waals surface area contributed by atoms with Crippen molar-refractivity contribution in [3.63, 3.8) is 0 Å². The third-order valence-electron chi connectivity index (χ3n) is 5.17. The number of nitrogens with one attached hydrogen (secondary N) is 1. The summed E-state index contributed by atoms with van der Waals surface area (Å²) < 4.78 is 5.30. The molecule has 9 nitrogen and oxygen atoms in total. The molecule has 0 rings (SSSR count). The van der Waals surface area contributed by atoms with E-state index in [1.54, 1.807) is 0 Å². The molecule has 0 aliphatic rings. The van der Waals surface area contributed by atoms with Gasteiger partial charge >= 0.3 is 11.9 Å². The van der Waals surface area contributed by atoms with Gasteiger partial charge in [0.15, 0.2) is 0 Å². The average molecular weight is 469 g/mol. The summed E-state index contributed by atoms with van der Waals surface area (Å²) in [6, 6.07) is -1.01. The molecule has 0 radical (unpaired) electrons. The molecule has 33 heavy (non-hydrogen) atoms. The van der Waals surface area contributed by atoms with Gasteiger partial charge in [-0.2, -0.15) is 0 Å². The molecular weight excluding hydrogens is 424 g/mol. The lowest BCUT2D eigenvalue weighted by molar-refractivity contribution is -0.155. The molecule has 0 heterocycles. The minimum atomic E-state index is -1.11. The highest BCUT2D eigenvalue weighted by molar-refractivity contribution is 5.83. The predicted molar refractivity (Wildman–Crippen MR) is 129 cm³/mol. The lowest BCUT2D eigenvalue weighted by Gasteiger charge is -2.19. The number of azide groups is 1. The van der Waals surface area contributed by atoms with Crippen LogP contribution in [0.25, 0.3) is 10.4 Å². The maximum Gasteiger partial charge on any atom is 0.326 e. The summed E-state index contributed by atoms with van der Waals surface area (Å²) in [6.07, 6.45) is 14.1. The van der Waals surface area contributed by atoms with Gasteiger partial charge < -0.3 is 15.2 Å². The molecule has 2 N–H and O–H groups in total. The molecule has 0 fully saturated rings. The fraction of sp³-hybridized carbons (Fsp3) is 0.875. The van der Waals surface area contributed by atoms with Crippen LogP contribution in [0.15, 0.2) is 5.11 Å². The predicted octanol–water partition coefficient (Wildman–Crippen LogP) is 6.06. The molecule has 0 aromatic heterocycles. The Hall–Kier alpha value is -2.28. The van der Waals surface area contributed by atoms with Crippen molar-refractivity contribution >= 4 is 17.8 Å². The maximum atomic E-state index is 11.9. The smallest absolute Gasteiger partial charge is 0.326 e. The Morgan fingerprint density at radius 2 is 1.33 bits per heavy atom. The van der Waals surface area contributed by atoms with Gasteiger partial charge in [0.1, 0.15) is 11.6 Å². The zero-order chi connectivity index (χ0) is 25.0. The molecular formula is C24H44N4O5. The molecule has 0 aromatic rings. The normalized spacial score (nSPS) is 12.0. The molecule has 0 spiro atoms. The molecule has 190 valence electrons. The van der Waals surface area contributed by atoms with Crippen LogP contribution in [0.1, 0.15) is 117 Å². The highest BCUT2D eigenvalue weighted by Gasteiger charge is 2.18.